The van der Waals surface area contributed by atoms with E-state index in [0.717, 1.165) is 41.2 Å². The van der Waals surface area contributed by atoms with Crippen molar-refractivity contribution in [1.82, 2.24) is 25.2 Å². The van der Waals surface area contributed by atoms with Gasteiger partial charge in [-0.2, -0.15) is 5.10 Å². The standard InChI is InChI=1S/C22H22N8O2/c23-22(31)28-27-16-8-6-15(7-9-16)19-25-20(29-10-12-32-13-11-29)18-14-24-30(21(18)26-19)17-4-2-1-3-5-17/h1-9,14,27H,10-13H2,(H3,23,28,31). The minimum absolute atomic E-state index is 0.589. The van der Waals surface area contributed by atoms with Gasteiger partial charge in [0, 0.05) is 18.7 Å². The third-order valence-electron chi connectivity index (χ3n) is 5.19. The first-order valence-corrected chi connectivity index (χ1v) is 10.2. The number of hydrogen-bond donors (Lipinski definition) is 3. The molecule has 0 unspecified atom stereocenters. The number of amides is 2. The first kappa shape index (κ1) is 19.8. The largest absolute Gasteiger partial charge is 0.378 e. The summed E-state index contributed by atoms with van der Waals surface area (Å²) in [5.74, 6) is 1.43. The molecule has 1 aliphatic rings. The molecule has 162 valence electrons. The second kappa shape index (κ2) is 8.52. The number of hydrazine groups is 1. The number of nitrogens with zero attached hydrogens (tertiary/aromatic N) is 5. The highest BCUT2D eigenvalue weighted by Crippen LogP contribution is 2.29. The van der Waals surface area contributed by atoms with Crippen molar-refractivity contribution in [2.24, 2.45) is 5.73 Å². The lowest BCUT2D eigenvalue weighted by Crippen LogP contribution is -2.37. The first-order chi connectivity index (χ1) is 15.7. The molecule has 0 bridgehead atoms. The molecular weight excluding hydrogens is 408 g/mol. The molecule has 4 N–H and O–H groups in total. The molecule has 2 amide bonds. The molecule has 2 aromatic carbocycles. The molecule has 0 aliphatic carbocycles. The number of carbonyl (C=O) groups excluding carboxylic acids is 1. The normalized spacial score (nSPS) is 13.8. The number of ether oxygens (including phenoxy) is 1. The van der Waals surface area contributed by atoms with Gasteiger partial charge in [-0.1, -0.05) is 18.2 Å². The lowest BCUT2D eigenvalue weighted by molar-refractivity contribution is 0.122. The van der Waals surface area contributed by atoms with Crippen LogP contribution in [0.4, 0.5) is 16.3 Å². The van der Waals surface area contributed by atoms with Crippen LogP contribution in [0.15, 0.2) is 60.8 Å². The molecule has 10 nitrogen and oxygen atoms in total. The number of anilines is 2. The van der Waals surface area contributed by atoms with E-state index in [1.807, 2.05) is 65.5 Å². The van der Waals surface area contributed by atoms with E-state index in [-0.39, 0.29) is 0 Å². The Balaban J connectivity index is 1.60. The fourth-order valence-corrected chi connectivity index (χ4v) is 3.63. The number of hydrogen-bond acceptors (Lipinski definition) is 7. The molecule has 0 spiro atoms. The highest BCUT2D eigenvalue weighted by atomic mass is 16.5. The molecule has 5 rings (SSSR count). The molecule has 2 aromatic heterocycles. The summed E-state index contributed by atoms with van der Waals surface area (Å²) in [6, 6.07) is 16.7. The Bertz CT molecular complexity index is 1230. The molecule has 3 heterocycles. The third kappa shape index (κ3) is 3.91. The van der Waals surface area contributed by atoms with Gasteiger partial charge in [0.1, 0.15) is 5.82 Å². The zero-order chi connectivity index (χ0) is 21.9. The summed E-state index contributed by atoms with van der Waals surface area (Å²) in [6.07, 6.45) is 1.82. The van der Waals surface area contributed by atoms with Gasteiger partial charge in [0.05, 0.1) is 36.2 Å². The van der Waals surface area contributed by atoms with Crippen molar-refractivity contribution < 1.29 is 9.53 Å². The summed E-state index contributed by atoms with van der Waals surface area (Å²) in [5, 5.41) is 5.50. The van der Waals surface area contributed by atoms with Crippen LogP contribution < -0.4 is 21.5 Å². The van der Waals surface area contributed by atoms with Gasteiger partial charge in [0.25, 0.3) is 0 Å². The van der Waals surface area contributed by atoms with Crippen LogP contribution in [0, 0.1) is 0 Å². The molecule has 1 fully saturated rings. The van der Waals surface area contributed by atoms with Gasteiger partial charge >= 0.3 is 6.03 Å². The van der Waals surface area contributed by atoms with Gasteiger partial charge in [-0.15, -0.1) is 0 Å². The van der Waals surface area contributed by atoms with Crippen LogP contribution in [0.25, 0.3) is 28.1 Å². The van der Waals surface area contributed by atoms with Crippen molar-refractivity contribution in [3.05, 3.63) is 60.8 Å². The number of nitrogens with two attached hydrogens (primary N) is 1. The lowest BCUT2D eigenvalue weighted by atomic mass is 10.2. The Hall–Kier alpha value is -4.18. The van der Waals surface area contributed by atoms with E-state index in [4.69, 9.17) is 20.4 Å². The molecule has 4 aromatic rings. The van der Waals surface area contributed by atoms with Crippen LogP contribution in [-0.2, 0) is 4.74 Å². The molecule has 32 heavy (non-hydrogen) atoms. The lowest BCUT2D eigenvalue weighted by Gasteiger charge is -2.28. The maximum absolute atomic E-state index is 10.9. The van der Waals surface area contributed by atoms with E-state index in [1.165, 1.54) is 0 Å². The van der Waals surface area contributed by atoms with Gasteiger partial charge in [-0.25, -0.2) is 19.4 Å². The van der Waals surface area contributed by atoms with Gasteiger partial charge in [0.2, 0.25) is 0 Å². The Morgan fingerprint density at radius 1 is 1.00 bits per heavy atom. The van der Waals surface area contributed by atoms with Crippen LogP contribution >= 0.6 is 0 Å². The van der Waals surface area contributed by atoms with Crippen LogP contribution in [0.2, 0.25) is 0 Å². The second-order valence-corrected chi connectivity index (χ2v) is 7.29. The van der Waals surface area contributed by atoms with Crippen molar-refractivity contribution in [3.8, 4) is 17.1 Å². The van der Waals surface area contributed by atoms with E-state index in [2.05, 4.69) is 20.9 Å². The van der Waals surface area contributed by atoms with Crippen LogP contribution in [0.3, 0.4) is 0 Å². The zero-order valence-electron chi connectivity index (χ0n) is 17.2. The Morgan fingerprint density at radius 3 is 2.47 bits per heavy atom. The number of urea groups is 1. The second-order valence-electron chi connectivity index (χ2n) is 7.29. The maximum Gasteiger partial charge on any atom is 0.330 e. The molecule has 1 aliphatic heterocycles. The summed E-state index contributed by atoms with van der Waals surface area (Å²) in [4.78, 5) is 22.9. The summed E-state index contributed by atoms with van der Waals surface area (Å²) >= 11 is 0. The maximum atomic E-state index is 10.9. The topological polar surface area (TPSA) is 123 Å². The van der Waals surface area contributed by atoms with Crippen molar-refractivity contribution >= 4 is 28.6 Å². The number of para-hydroxylation sites is 1. The smallest absolute Gasteiger partial charge is 0.330 e. The molecule has 0 saturated carbocycles. The summed E-state index contributed by atoms with van der Waals surface area (Å²) in [7, 11) is 0. The number of primary amides is 1. The van der Waals surface area contributed by atoms with Gasteiger partial charge < -0.3 is 15.4 Å². The minimum Gasteiger partial charge on any atom is -0.378 e. The number of morpholine rings is 1. The van der Waals surface area contributed by atoms with E-state index in [1.54, 1.807) is 0 Å². The average molecular weight is 430 g/mol. The third-order valence-corrected chi connectivity index (χ3v) is 5.19. The Morgan fingerprint density at radius 2 is 1.75 bits per heavy atom. The van der Waals surface area contributed by atoms with Crippen molar-refractivity contribution in [2.45, 2.75) is 0 Å². The van der Waals surface area contributed by atoms with Gasteiger partial charge in [0.15, 0.2) is 11.5 Å². The number of carbonyl (C=O) groups is 1. The minimum atomic E-state index is -0.660. The van der Waals surface area contributed by atoms with Crippen LogP contribution in [0.1, 0.15) is 0 Å². The molecular formula is C22H22N8O2. The van der Waals surface area contributed by atoms with E-state index >= 15 is 0 Å². The predicted molar refractivity (Wildman–Crippen MR) is 121 cm³/mol. The van der Waals surface area contributed by atoms with Crippen molar-refractivity contribution in [2.75, 3.05) is 36.6 Å². The van der Waals surface area contributed by atoms with E-state index in [0.29, 0.717) is 24.7 Å². The summed E-state index contributed by atoms with van der Waals surface area (Å²) in [6.45, 7) is 2.81. The number of fused-ring (bicyclic) bond motifs is 1. The molecule has 0 atom stereocenters. The predicted octanol–water partition coefficient (Wildman–Crippen LogP) is 2.31. The van der Waals surface area contributed by atoms with Crippen LogP contribution in [-0.4, -0.2) is 52.1 Å². The fourth-order valence-electron chi connectivity index (χ4n) is 3.63. The molecule has 1 saturated heterocycles. The highest BCUT2D eigenvalue weighted by Gasteiger charge is 2.21. The van der Waals surface area contributed by atoms with E-state index < -0.39 is 6.03 Å². The van der Waals surface area contributed by atoms with Gasteiger partial charge in [-0.3, -0.25) is 10.9 Å². The number of aromatic nitrogens is 4. The SMILES string of the molecule is NC(=O)NNc1ccc(-c2nc(N3CCOCC3)c3cnn(-c4ccccc4)c3n2)cc1. The fraction of sp³-hybridized carbons (Fsp3) is 0.182. The average Bonchev–Trinajstić information content (AvgIpc) is 3.28. The van der Waals surface area contributed by atoms with Gasteiger partial charge in [-0.05, 0) is 36.4 Å². The zero-order valence-corrected chi connectivity index (χ0v) is 17.2. The van der Waals surface area contributed by atoms with Crippen molar-refractivity contribution in [3.63, 3.8) is 0 Å². The molecule has 0 radical (unpaired) electrons. The number of nitrogens with one attached hydrogen (secondary N) is 2. The Kier molecular flexibility index (Phi) is 5.26. The highest BCUT2D eigenvalue weighted by molar-refractivity contribution is 5.89. The number of rotatable bonds is 5. The number of benzene rings is 2. The van der Waals surface area contributed by atoms with Crippen molar-refractivity contribution in [1.29, 1.82) is 0 Å². The monoisotopic (exact) mass is 430 g/mol. The Labute approximate surface area is 184 Å². The summed E-state index contributed by atoms with van der Waals surface area (Å²) < 4.78 is 7.35. The summed E-state index contributed by atoms with van der Waals surface area (Å²) in [5.41, 5.74) is 13.4. The quantitative estimate of drug-likeness (QED) is 0.415. The van der Waals surface area contributed by atoms with Crippen LogP contribution in [0.5, 0.6) is 0 Å². The van der Waals surface area contributed by atoms with E-state index in [9.17, 15) is 4.79 Å². The molecule has 10 heteroatoms. The first-order valence-electron chi connectivity index (χ1n) is 10.2.